The van der Waals surface area contributed by atoms with E-state index in [0.29, 0.717) is 26.8 Å². The lowest BCUT2D eigenvalue weighted by atomic mass is 10.1. The summed E-state index contributed by atoms with van der Waals surface area (Å²) < 4.78 is 5.86. The Kier molecular flexibility index (Phi) is 5.67. The fourth-order valence-corrected chi connectivity index (χ4v) is 5.41. The van der Waals surface area contributed by atoms with Gasteiger partial charge in [-0.05, 0) is 57.9 Å². The van der Waals surface area contributed by atoms with Crippen molar-refractivity contribution in [2.24, 2.45) is 0 Å². The lowest BCUT2D eigenvalue weighted by Crippen LogP contribution is -2.45. The molecule has 0 radical (unpaired) electrons. The maximum atomic E-state index is 13.4. The van der Waals surface area contributed by atoms with Gasteiger partial charge in [-0.15, -0.1) is 11.3 Å². The first kappa shape index (κ1) is 21.7. The number of benzene rings is 1. The zero-order valence-corrected chi connectivity index (χ0v) is 19.7. The highest BCUT2D eigenvalue weighted by atomic mass is 32.1. The predicted molar refractivity (Wildman–Crippen MR) is 131 cm³/mol. The Labute approximate surface area is 196 Å². The van der Waals surface area contributed by atoms with E-state index >= 15 is 0 Å². The third-order valence-electron chi connectivity index (χ3n) is 5.88. The van der Waals surface area contributed by atoms with Gasteiger partial charge in [0.1, 0.15) is 15.5 Å². The quantitative estimate of drug-likeness (QED) is 0.514. The molecule has 172 valence electrons. The van der Waals surface area contributed by atoms with Gasteiger partial charge >= 0.3 is 6.03 Å². The maximum absolute atomic E-state index is 13.4. The highest BCUT2D eigenvalue weighted by Crippen LogP contribution is 2.46. The number of piperidine rings is 1. The number of thiophene rings is 1. The van der Waals surface area contributed by atoms with Crippen LogP contribution in [0.4, 0.5) is 21.9 Å². The summed E-state index contributed by atoms with van der Waals surface area (Å²) in [5, 5.41) is 10.2. The number of pyridine rings is 1. The van der Waals surface area contributed by atoms with Gasteiger partial charge in [-0.25, -0.2) is 9.78 Å². The summed E-state index contributed by atoms with van der Waals surface area (Å²) in [5.41, 5.74) is 2.91. The Morgan fingerprint density at radius 3 is 2.91 bits per heavy atom. The minimum absolute atomic E-state index is 0.0206. The number of aromatic nitrogens is 1. The Bertz CT molecular complexity index is 1230. The SMILES string of the molecule is Cc1ccc(OC(C)C)cc1N1C(=O)Nc2c(C(=O)N[C@@H]3CCCNC3)sc3nccc1c23. The molecule has 0 bridgehead atoms. The van der Waals surface area contributed by atoms with Gasteiger partial charge in [0.2, 0.25) is 0 Å². The first-order valence-electron chi connectivity index (χ1n) is 11.2. The second kappa shape index (κ2) is 8.64. The Hall–Kier alpha value is -3.17. The van der Waals surface area contributed by atoms with Crippen molar-refractivity contribution in [2.45, 2.75) is 45.8 Å². The number of carbonyl (C=O) groups is 2. The molecule has 0 aliphatic carbocycles. The Balaban J connectivity index is 1.56. The molecule has 1 atom stereocenters. The molecule has 0 unspecified atom stereocenters. The summed E-state index contributed by atoms with van der Waals surface area (Å²) in [7, 11) is 0. The summed E-state index contributed by atoms with van der Waals surface area (Å²) in [4.78, 5) is 33.8. The van der Waals surface area contributed by atoms with Crippen LogP contribution >= 0.6 is 11.3 Å². The monoisotopic (exact) mass is 465 g/mol. The largest absolute Gasteiger partial charge is 0.491 e. The first-order valence-corrected chi connectivity index (χ1v) is 12.1. The number of hydrogen-bond donors (Lipinski definition) is 3. The summed E-state index contributed by atoms with van der Waals surface area (Å²) in [6.07, 6.45) is 3.67. The predicted octanol–water partition coefficient (Wildman–Crippen LogP) is 4.56. The molecule has 0 saturated carbocycles. The van der Waals surface area contributed by atoms with Crippen molar-refractivity contribution in [1.29, 1.82) is 0 Å². The number of amides is 3. The Morgan fingerprint density at radius 1 is 1.30 bits per heavy atom. The van der Waals surface area contributed by atoms with Gasteiger partial charge in [0.05, 0.1) is 28.6 Å². The molecular weight excluding hydrogens is 438 g/mol. The smallest absolute Gasteiger partial charge is 0.331 e. The molecule has 33 heavy (non-hydrogen) atoms. The molecule has 9 heteroatoms. The van der Waals surface area contributed by atoms with Crippen LogP contribution in [0.3, 0.4) is 0 Å². The lowest BCUT2D eigenvalue weighted by Gasteiger charge is -2.30. The van der Waals surface area contributed by atoms with Crippen LogP contribution < -0.4 is 25.6 Å². The number of anilines is 3. The molecule has 8 nitrogen and oxygen atoms in total. The van der Waals surface area contributed by atoms with Crippen LogP contribution in [0, 0.1) is 6.92 Å². The standard InChI is InChI=1S/C24H27N5O3S/c1-13(2)32-16-7-6-14(3)18(11-16)29-17-8-10-26-23-19(17)20(28-24(29)31)21(33-23)22(30)27-15-5-4-9-25-12-15/h6-8,10-11,13,15,25H,4-5,9,12H2,1-3H3,(H,27,30)(H,28,31)/t15-/m1/s1. The zero-order chi connectivity index (χ0) is 23.1. The van der Waals surface area contributed by atoms with Crippen molar-refractivity contribution < 1.29 is 14.3 Å². The molecule has 1 fully saturated rings. The van der Waals surface area contributed by atoms with E-state index in [0.717, 1.165) is 42.6 Å². The second-order valence-electron chi connectivity index (χ2n) is 8.71. The van der Waals surface area contributed by atoms with Crippen LogP contribution in [0.15, 0.2) is 30.5 Å². The topological polar surface area (TPSA) is 95.6 Å². The molecule has 2 aliphatic rings. The summed E-state index contributed by atoms with van der Waals surface area (Å²) in [6, 6.07) is 7.31. The van der Waals surface area contributed by atoms with Crippen molar-refractivity contribution >= 4 is 50.6 Å². The molecule has 2 aliphatic heterocycles. The van der Waals surface area contributed by atoms with Crippen LogP contribution in [0.2, 0.25) is 0 Å². The van der Waals surface area contributed by atoms with E-state index in [9.17, 15) is 9.59 Å². The number of carbonyl (C=O) groups excluding carboxylic acids is 2. The molecule has 3 N–H and O–H groups in total. The molecule has 0 spiro atoms. The van der Waals surface area contributed by atoms with Crippen LogP contribution in [-0.4, -0.2) is 42.2 Å². The van der Waals surface area contributed by atoms with Gasteiger partial charge in [0.25, 0.3) is 5.91 Å². The molecule has 1 saturated heterocycles. The third-order valence-corrected chi connectivity index (χ3v) is 6.97. The normalized spacial score (nSPS) is 17.9. The van der Waals surface area contributed by atoms with Crippen molar-refractivity contribution in [1.82, 2.24) is 15.6 Å². The maximum Gasteiger partial charge on any atom is 0.331 e. The average Bonchev–Trinajstić information content (AvgIpc) is 3.16. The molecule has 5 rings (SSSR count). The van der Waals surface area contributed by atoms with E-state index in [1.54, 1.807) is 11.1 Å². The molecule has 4 heterocycles. The minimum atomic E-state index is -0.313. The van der Waals surface area contributed by atoms with Crippen LogP contribution in [0.25, 0.3) is 10.2 Å². The first-order chi connectivity index (χ1) is 15.9. The van der Waals surface area contributed by atoms with Gasteiger partial charge < -0.3 is 20.7 Å². The number of hydrogen-bond acceptors (Lipinski definition) is 6. The highest BCUT2D eigenvalue weighted by molar-refractivity contribution is 7.21. The lowest BCUT2D eigenvalue weighted by molar-refractivity contribution is 0.0935. The van der Waals surface area contributed by atoms with E-state index < -0.39 is 0 Å². The van der Waals surface area contributed by atoms with Crippen LogP contribution in [-0.2, 0) is 0 Å². The molecule has 3 aromatic rings. The van der Waals surface area contributed by atoms with Crippen LogP contribution in [0.5, 0.6) is 5.75 Å². The fraction of sp³-hybridized carbons (Fsp3) is 0.375. The van der Waals surface area contributed by atoms with Gasteiger partial charge in [0, 0.05) is 24.8 Å². The number of aryl methyl sites for hydroxylation is 1. The van der Waals surface area contributed by atoms with Crippen molar-refractivity contribution in [3.05, 3.63) is 40.9 Å². The van der Waals surface area contributed by atoms with E-state index in [1.807, 2.05) is 45.0 Å². The van der Waals surface area contributed by atoms with Gasteiger partial charge in [0.15, 0.2) is 0 Å². The number of nitrogens with zero attached hydrogens (tertiary/aromatic N) is 2. The summed E-state index contributed by atoms with van der Waals surface area (Å²) in [5.74, 6) is 0.519. The van der Waals surface area contributed by atoms with E-state index in [2.05, 4.69) is 20.9 Å². The van der Waals surface area contributed by atoms with Gasteiger partial charge in [-0.3, -0.25) is 9.69 Å². The van der Waals surface area contributed by atoms with Crippen molar-refractivity contribution in [3.63, 3.8) is 0 Å². The average molecular weight is 466 g/mol. The van der Waals surface area contributed by atoms with Crippen LogP contribution in [0.1, 0.15) is 41.9 Å². The van der Waals surface area contributed by atoms with Crippen molar-refractivity contribution in [3.8, 4) is 5.75 Å². The zero-order valence-electron chi connectivity index (χ0n) is 18.9. The number of ether oxygens (including phenoxy) is 1. The highest BCUT2D eigenvalue weighted by Gasteiger charge is 2.34. The number of urea groups is 1. The molecule has 1 aromatic carbocycles. The third kappa shape index (κ3) is 4.02. The second-order valence-corrected chi connectivity index (χ2v) is 9.71. The number of nitrogens with one attached hydrogen (secondary N) is 3. The van der Waals surface area contributed by atoms with Gasteiger partial charge in [-0.1, -0.05) is 6.07 Å². The summed E-state index contributed by atoms with van der Waals surface area (Å²) >= 11 is 1.30. The van der Waals surface area contributed by atoms with E-state index in [1.165, 1.54) is 11.3 Å². The minimum Gasteiger partial charge on any atom is -0.491 e. The molecular formula is C24H27N5O3S. The molecule has 2 aromatic heterocycles. The fourth-order valence-electron chi connectivity index (χ4n) is 4.39. The summed E-state index contributed by atoms with van der Waals surface area (Å²) in [6.45, 7) is 7.62. The van der Waals surface area contributed by atoms with Gasteiger partial charge in [-0.2, -0.15) is 0 Å². The van der Waals surface area contributed by atoms with E-state index in [4.69, 9.17) is 4.74 Å². The number of rotatable bonds is 5. The van der Waals surface area contributed by atoms with Crippen molar-refractivity contribution in [2.75, 3.05) is 23.3 Å². The molecule has 3 amide bonds. The van der Waals surface area contributed by atoms with E-state index in [-0.39, 0.29) is 24.1 Å². The Morgan fingerprint density at radius 2 is 2.15 bits per heavy atom.